The SMILES string of the molecule is CCn1nc(C)c(C(=O)CNC)c1C. The molecule has 0 radical (unpaired) electrons. The average molecular weight is 195 g/mol. The van der Waals surface area contributed by atoms with Gasteiger partial charge in [0.05, 0.1) is 17.8 Å². The maximum atomic E-state index is 11.7. The molecule has 0 aliphatic heterocycles. The molecule has 14 heavy (non-hydrogen) atoms. The van der Waals surface area contributed by atoms with Crippen LogP contribution < -0.4 is 5.32 Å². The summed E-state index contributed by atoms with van der Waals surface area (Å²) in [5.41, 5.74) is 2.55. The number of carbonyl (C=O) groups excluding carboxylic acids is 1. The summed E-state index contributed by atoms with van der Waals surface area (Å²) in [5, 5.41) is 7.16. The number of hydrogen-bond donors (Lipinski definition) is 1. The van der Waals surface area contributed by atoms with Crippen molar-refractivity contribution in [3.63, 3.8) is 0 Å². The smallest absolute Gasteiger partial charge is 0.180 e. The lowest BCUT2D eigenvalue weighted by Crippen LogP contribution is -2.19. The van der Waals surface area contributed by atoms with Crippen LogP contribution in [-0.2, 0) is 6.54 Å². The summed E-state index contributed by atoms with van der Waals surface area (Å²) in [6, 6.07) is 0. The van der Waals surface area contributed by atoms with Crippen molar-refractivity contribution in [3.8, 4) is 0 Å². The number of aromatic nitrogens is 2. The van der Waals surface area contributed by atoms with Gasteiger partial charge in [0.1, 0.15) is 0 Å². The van der Waals surface area contributed by atoms with Crippen LogP contribution in [0.15, 0.2) is 0 Å². The molecule has 0 spiro atoms. The van der Waals surface area contributed by atoms with Gasteiger partial charge in [-0.1, -0.05) is 0 Å². The Bertz CT molecular complexity index is 341. The Morgan fingerprint density at radius 2 is 2.14 bits per heavy atom. The monoisotopic (exact) mass is 195 g/mol. The summed E-state index contributed by atoms with van der Waals surface area (Å²) in [4.78, 5) is 11.7. The van der Waals surface area contributed by atoms with E-state index in [4.69, 9.17) is 0 Å². The van der Waals surface area contributed by atoms with Crippen molar-refractivity contribution in [1.82, 2.24) is 15.1 Å². The van der Waals surface area contributed by atoms with Crippen molar-refractivity contribution < 1.29 is 4.79 Å². The zero-order valence-electron chi connectivity index (χ0n) is 9.22. The normalized spacial score (nSPS) is 10.6. The molecule has 1 aromatic rings. The fourth-order valence-corrected chi connectivity index (χ4v) is 1.66. The Hall–Kier alpha value is -1.16. The number of rotatable bonds is 4. The Kier molecular flexibility index (Phi) is 3.41. The number of ketones is 1. The number of Topliss-reactive ketones (excluding diaryl/α,β-unsaturated/α-hetero) is 1. The van der Waals surface area contributed by atoms with Crippen LogP contribution in [0.2, 0.25) is 0 Å². The average Bonchev–Trinajstić information content (AvgIpc) is 2.41. The van der Waals surface area contributed by atoms with Crippen LogP contribution in [0.25, 0.3) is 0 Å². The third-order valence-corrected chi connectivity index (χ3v) is 2.30. The number of carbonyl (C=O) groups is 1. The molecule has 1 heterocycles. The van der Waals surface area contributed by atoms with E-state index in [2.05, 4.69) is 10.4 Å². The highest BCUT2D eigenvalue weighted by molar-refractivity contribution is 5.99. The Morgan fingerprint density at radius 1 is 1.50 bits per heavy atom. The van der Waals surface area contributed by atoms with Crippen LogP contribution in [0.4, 0.5) is 0 Å². The highest BCUT2D eigenvalue weighted by Crippen LogP contribution is 2.13. The van der Waals surface area contributed by atoms with E-state index in [9.17, 15) is 4.79 Å². The van der Waals surface area contributed by atoms with Crippen LogP contribution in [-0.4, -0.2) is 29.2 Å². The topological polar surface area (TPSA) is 46.9 Å². The van der Waals surface area contributed by atoms with Crippen LogP contribution in [0, 0.1) is 13.8 Å². The Balaban J connectivity index is 3.07. The van der Waals surface area contributed by atoms with Gasteiger partial charge < -0.3 is 5.32 Å². The molecule has 4 heteroatoms. The molecule has 0 amide bonds. The molecule has 0 saturated heterocycles. The number of aryl methyl sites for hydroxylation is 2. The van der Waals surface area contributed by atoms with E-state index in [1.54, 1.807) is 7.05 Å². The molecule has 78 valence electrons. The number of nitrogens with one attached hydrogen (secondary N) is 1. The lowest BCUT2D eigenvalue weighted by atomic mass is 10.1. The minimum atomic E-state index is 0.113. The molecule has 0 aliphatic carbocycles. The molecule has 0 unspecified atom stereocenters. The molecule has 0 saturated carbocycles. The van der Waals surface area contributed by atoms with E-state index in [-0.39, 0.29) is 5.78 Å². The van der Waals surface area contributed by atoms with Gasteiger partial charge >= 0.3 is 0 Å². The first-order chi connectivity index (χ1) is 6.61. The first-order valence-electron chi connectivity index (χ1n) is 4.83. The van der Waals surface area contributed by atoms with Gasteiger partial charge in [0.2, 0.25) is 0 Å². The second kappa shape index (κ2) is 4.37. The standard InChI is InChI=1S/C10H17N3O/c1-5-13-8(3)10(7(2)12-13)9(14)6-11-4/h11H,5-6H2,1-4H3. The maximum Gasteiger partial charge on any atom is 0.180 e. The molecule has 1 N–H and O–H groups in total. The lowest BCUT2D eigenvalue weighted by Gasteiger charge is -2.01. The van der Waals surface area contributed by atoms with E-state index in [0.29, 0.717) is 6.54 Å². The van der Waals surface area contributed by atoms with E-state index >= 15 is 0 Å². The second-order valence-electron chi connectivity index (χ2n) is 3.32. The quantitative estimate of drug-likeness (QED) is 0.727. The molecule has 0 fully saturated rings. The Morgan fingerprint density at radius 3 is 2.57 bits per heavy atom. The van der Waals surface area contributed by atoms with Gasteiger partial charge in [0.15, 0.2) is 5.78 Å². The summed E-state index contributed by atoms with van der Waals surface area (Å²) >= 11 is 0. The molecular weight excluding hydrogens is 178 g/mol. The molecule has 0 aromatic carbocycles. The summed E-state index contributed by atoms with van der Waals surface area (Å²) < 4.78 is 1.86. The van der Waals surface area contributed by atoms with Gasteiger partial charge in [0, 0.05) is 12.2 Å². The van der Waals surface area contributed by atoms with Crippen molar-refractivity contribution in [2.24, 2.45) is 0 Å². The molecule has 0 aliphatic rings. The second-order valence-corrected chi connectivity index (χ2v) is 3.32. The zero-order chi connectivity index (χ0) is 10.7. The van der Waals surface area contributed by atoms with E-state index in [0.717, 1.165) is 23.5 Å². The van der Waals surface area contributed by atoms with Crippen LogP contribution in [0.3, 0.4) is 0 Å². The summed E-state index contributed by atoms with van der Waals surface area (Å²) in [7, 11) is 1.77. The van der Waals surface area contributed by atoms with Gasteiger partial charge in [-0.25, -0.2) is 0 Å². The summed E-state index contributed by atoms with van der Waals surface area (Å²) in [6.45, 7) is 7.01. The maximum absolute atomic E-state index is 11.7. The lowest BCUT2D eigenvalue weighted by molar-refractivity contribution is 0.0992. The minimum Gasteiger partial charge on any atom is -0.313 e. The largest absolute Gasteiger partial charge is 0.313 e. The highest BCUT2D eigenvalue weighted by Gasteiger charge is 2.16. The molecule has 0 bridgehead atoms. The van der Waals surface area contributed by atoms with Gasteiger partial charge in [-0.3, -0.25) is 9.48 Å². The van der Waals surface area contributed by atoms with Crippen molar-refractivity contribution in [2.45, 2.75) is 27.3 Å². The van der Waals surface area contributed by atoms with Crippen molar-refractivity contribution >= 4 is 5.78 Å². The van der Waals surface area contributed by atoms with Gasteiger partial charge in [-0.2, -0.15) is 5.10 Å². The minimum absolute atomic E-state index is 0.113. The summed E-state index contributed by atoms with van der Waals surface area (Å²) in [6.07, 6.45) is 0. The number of nitrogens with zero attached hydrogens (tertiary/aromatic N) is 2. The third-order valence-electron chi connectivity index (χ3n) is 2.30. The molecule has 4 nitrogen and oxygen atoms in total. The van der Waals surface area contributed by atoms with Crippen LogP contribution in [0.1, 0.15) is 28.7 Å². The summed E-state index contributed by atoms with van der Waals surface area (Å²) in [5.74, 6) is 0.113. The number of hydrogen-bond acceptors (Lipinski definition) is 3. The van der Waals surface area contributed by atoms with Crippen LogP contribution >= 0.6 is 0 Å². The zero-order valence-corrected chi connectivity index (χ0v) is 9.22. The molecular formula is C10H17N3O. The van der Waals surface area contributed by atoms with Crippen LogP contribution in [0.5, 0.6) is 0 Å². The van der Waals surface area contributed by atoms with Crippen molar-refractivity contribution in [1.29, 1.82) is 0 Å². The van der Waals surface area contributed by atoms with Crippen molar-refractivity contribution in [3.05, 3.63) is 17.0 Å². The predicted octanol–water partition coefficient (Wildman–Crippen LogP) is 0.922. The first-order valence-corrected chi connectivity index (χ1v) is 4.83. The highest BCUT2D eigenvalue weighted by atomic mass is 16.1. The number of likely N-dealkylation sites (N-methyl/N-ethyl adjacent to an activating group) is 1. The first kappa shape index (κ1) is 10.9. The molecule has 1 aromatic heterocycles. The van der Waals surface area contributed by atoms with Crippen molar-refractivity contribution in [2.75, 3.05) is 13.6 Å². The van der Waals surface area contributed by atoms with Gasteiger partial charge in [-0.05, 0) is 27.8 Å². The Labute approximate surface area is 84.3 Å². The van der Waals surface area contributed by atoms with E-state index < -0.39 is 0 Å². The third kappa shape index (κ3) is 1.85. The fraction of sp³-hybridized carbons (Fsp3) is 0.600. The van der Waals surface area contributed by atoms with E-state index in [1.165, 1.54) is 0 Å². The van der Waals surface area contributed by atoms with E-state index in [1.807, 2.05) is 25.5 Å². The molecule has 0 atom stereocenters. The fourth-order valence-electron chi connectivity index (χ4n) is 1.66. The molecule has 1 rings (SSSR count). The van der Waals surface area contributed by atoms with Gasteiger partial charge in [-0.15, -0.1) is 0 Å². The van der Waals surface area contributed by atoms with Gasteiger partial charge in [0.25, 0.3) is 0 Å². The predicted molar refractivity (Wildman–Crippen MR) is 55.6 cm³/mol.